The van der Waals surface area contributed by atoms with E-state index in [1.807, 2.05) is 0 Å². The Bertz CT molecular complexity index is 980. The number of anilines is 2. The summed E-state index contributed by atoms with van der Waals surface area (Å²) in [5.41, 5.74) is 0.498. The number of rotatable bonds is 5. The highest BCUT2D eigenvalue weighted by Gasteiger charge is 2.32. The number of likely N-dealkylation sites (tertiary alicyclic amines) is 1. The highest BCUT2D eigenvalue weighted by atomic mass is 19.2. The summed E-state index contributed by atoms with van der Waals surface area (Å²) in [6.07, 6.45) is 5.28. The van der Waals surface area contributed by atoms with Crippen molar-refractivity contribution in [3.63, 3.8) is 0 Å². The van der Waals surface area contributed by atoms with Crippen LogP contribution in [0.15, 0.2) is 6.07 Å². The van der Waals surface area contributed by atoms with E-state index in [2.05, 4.69) is 20.2 Å². The average Bonchev–Trinajstić information content (AvgIpc) is 2.68. The minimum Gasteiger partial charge on any atom is -0.378 e. The Hall–Kier alpha value is -2.26. The zero-order valence-corrected chi connectivity index (χ0v) is 17.5. The first kappa shape index (κ1) is 20.6. The molecule has 0 bridgehead atoms. The molecule has 2 saturated heterocycles. The van der Waals surface area contributed by atoms with Crippen LogP contribution in [0, 0.1) is 24.5 Å². The smallest absolute Gasteiger partial charge is 0.251 e. The molecule has 2 aromatic heterocycles. The lowest BCUT2D eigenvalue weighted by molar-refractivity contribution is -0.0723. The number of ether oxygens (including phenoxy) is 1. The minimum absolute atomic E-state index is 0.237. The van der Waals surface area contributed by atoms with Crippen LogP contribution in [0.3, 0.4) is 0 Å². The molecule has 2 aliphatic heterocycles. The Morgan fingerprint density at radius 3 is 2.45 bits per heavy atom. The van der Waals surface area contributed by atoms with E-state index in [1.54, 1.807) is 6.07 Å². The third-order valence-corrected chi connectivity index (χ3v) is 6.75. The fraction of sp³-hybridized carbons (Fsp3) is 0.591. The Morgan fingerprint density at radius 1 is 1.00 bits per heavy atom. The van der Waals surface area contributed by atoms with Crippen molar-refractivity contribution in [2.24, 2.45) is 0 Å². The molecule has 3 aliphatic rings. The predicted octanol–water partition coefficient (Wildman–Crippen LogP) is 4.19. The van der Waals surface area contributed by atoms with Gasteiger partial charge in [0.25, 0.3) is 5.95 Å². The standard InChI is InChI=1S/C22H26F3N5O/c1-12-18(23)20(25)29-22(19(12)24)28-17-8-16(26-21(27-17)13-4-2-5-13)14-6-3-7-30(9-14)15-10-31-11-15/h8,13-15H,2-7,9-11H2,1H3,(H,26,27,28,29). The van der Waals surface area contributed by atoms with E-state index in [1.165, 1.54) is 6.92 Å². The molecule has 0 aromatic carbocycles. The molecule has 5 rings (SSSR count). The van der Waals surface area contributed by atoms with Crippen molar-refractivity contribution >= 4 is 11.6 Å². The van der Waals surface area contributed by atoms with E-state index in [4.69, 9.17) is 9.72 Å². The van der Waals surface area contributed by atoms with E-state index in [9.17, 15) is 13.2 Å². The molecule has 6 nitrogen and oxygen atoms in total. The molecule has 9 heteroatoms. The second-order valence-electron chi connectivity index (χ2n) is 8.82. The van der Waals surface area contributed by atoms with Gasteiger partial charge in [0.1, 0.15) is 11.6 Å². The van der Waals surface area contributed by atoms with Gasteiger partial charge in [-0.1, -0.05) is 6.42 Å². The molecule has 1 saturated carbocycles. The number of aromatic nitrogens is 3. The molecule has 1 N–H and O–H groups in total. The van der Waals surface area contributed by atoms with Crippen LogP contribution < -0.4 is 5.32 Å². The summed E-state index contributed by atoms with van der Waals surface area (Å²) in [5, 5.41) is 2.78. The minimum atomic E-state index is -1.33. The SMILES string of the molecule is Cc1c(F)c(F)nc(Nc2cc(C3CCCN(C4COC4)C3)nc(C3CCC3)n2)c1F. The maximum Gasteiger partial charge on any atom is 0.251 e. The molecule has 0 spiro atoms. The van der Waals surface area contributed by atoms with Crippen LogP contribution in [0.4, 0.5) is 24.8 Å². The quantitative estimate of drug-likeness (QED) is 0.714. The van der Waals surface area contributed by atoms with Crippen molar-refractivity contribution in [1.82, 2.24) is 19.9 Å². The molecule has 2 aromatic rings. The lowest BCUT2D eigenvalue weighted by atomic mass is 9.84. The van der Waals surface area contributed by atoms with Gasteiger partial charge in [-0.25, -0.2) is 18.7 Å². The Morgan fingerprint density at radius 2 is 1.77 bits per heavy atom. The largest absolute Gasteiger partial charge is 0.378 e. The molecule has 0 amide bonds. The summed E-state index contributed by atoms with van der Waals surface area (Å²) in [4.78, 5) is 15.3. The van der Waals surface area contributed by atoms with Gasteiger partial charge >= 0.3 is 0 Å². The highest BCUT2D eigenvalue weighted by Crippen LogP contribution is 2.37. The summed E-state index contributed by atoms with van der Waals surface area (Å²) >= 11 is 0. The van der Waals surface area contributed by atoms with Crippen LogP contribution in [-0.4, -0.2) is 52.2 Å². The first-order valence-electron chi connectivity index (χ1n) is 11.0. The van der Waals surface area contributed by atoms with E-state index in [0.717, 1.165) is 69.9 Å². The number of nitrogens with one attached hydrogen (secondary N) is 1. The van der Waals surface area contributed by atoms with E-state index in [0.29, 0.717) is 11.9 Å². The summed E-state index contributed by atoms with van der Waals surface area (Å²) in [6, 6.07) is 2.27. The monoisotopic (exact) mass is 433 g/mol. The molecule has 4 heterocycles. The molecular weight excluding hydrogens is 407 g/mol. The number of halogens is 3. The normalized spacial score (nSPS) is 22.8. The van der Waals surface area contributed by atoms with Gasteiger partial charge in [0.15, 0.2) is 17.5 Å². The van der Waals surface area contributed by atoms with Gasteiger partial charge in [0.2, 0.25) is 0 Å². The number of piperidine rings is 1. The van der Waals surface area contributed by atoms with Crippen LogP contribution in [-0.2, 0) is 4.74 Å². The highest BCUT2D eigenvalue weighted by molar-refractivity contribution is 5.54. The van der Waals surface area contributed by atoms with Crippen molar-refractivity contribution in [3.8, 4) is 0 Å². The van der Waals surface area contributed by atoms with Gasteiger partial charge in [-0.2, -0.15) is 9.37 Å². The van der Waals surface area contributed by atoms with Crippen molar-refractivity contribution in [2.45, 2.75) is 56.9 Å². The molecular formula is C22H26F3N5O. The molecule has 166 valence electrons. The van der Waals surface area contributed by atoms with Gasteiger partial charge in [-0.3, -0.25) is 4.90 Å². The molecule has 3 fully saturated rings. The Labute approximate surface area is 179 Å². The Kier molecular flexibility index (Phi) is 5.56. The number of hydrogen-bond acceptors (Lipinski definition) is 6. The third kappa shape index (κ3) is 4.01. The maximum absolute atomic E-state index is 14.5. The first-order chi connectivity index (χ1) is 15.0. The van der Waals surface area contributed by atoms with Crippen LogP contribution in [0.1, 0.15) is 61.0 Å². The van der Waals surface area contributed by atoms with Crippen LogP contribution in [0.5, 0.6) is 0 Å². The molecule has 1 aliphatic carbocycles. The van der Waals surface area contributed by atoms with Gasteiger partial charge in [0, 0.05) is 30.0 Å². The zero-order valence-electron chi connectivity index (χ0n) is 17.5. The fourth-order valence-electron chi connectivity index (χ4n) is 4.45. The second kappa shape index (κ2) is 8.35. The lowest BCUT2D eigenvalue weighted by Gasteiger charge is -2.42. The van der Waals surface area contributed by atoms with E-state index >= 15 is 0 Å². The van der Waals surface area contributed by atoms with Crippen LogP contribution in [0.2, 0.25) is 0 Å². The van der Waals surface area contributed by atoms with Crippen molar-refractivity contribution in [2.75, 3.05) is 31.6 Å². The number of nitrogens with zero attached hydrogens (tertiary/aromatic N) is 4. The number of hydrogen-bond donors (Lipinski definition) is 1. The second-order valence-corrected chi connectivity index (χ2v) is 8.82. The van der Waals surface area contributed by atoms with Gasteiger partial charge in [-0.05, 0) is 39.2 Å². The van der Waals surface area contributed by atoms with Gasteiger partial charge in [0.05, 0.1) is 24.9 Å². The summed E-state index contributed by atoms with van der Waals surface area (Å²) < 4.78 is 47.3. The van der Waals surface area contributed by atoms with E-state index in [-0.39, 0.29) is 17.7 Å². The molecule has 31 heavy (non-hydrogen) atoms. The van der Waals surface area contributed by atoms with Gasteiger partial charge < -0.3 is 10.1 Å². The molecule has 1 unspecified atom stereocenters. The first-order valence-corrected chi connectivity index (χ1v) is 11.0. The molecule has 1 atom stereocenters. The maximum atomic E-state index is 14.5. The summed E-state index contributed by atoms with van der Waals surface area (Å²) in [6.45, 7) is 4.69. The van der Waals surface area contributed by atoms with Crippen molar-refractivity contribution in [3.05, 3.63) is 40.7 Å². The average molecular weight is 433 g/mol. The van der Waals surface area contributed by atoms with E-state index < -0.39 is 23.1 Å². The summed E-state index contributed by atoms with van der Waals surface area (Å²) in [7, 11) is 0. The molecule has 0 radical (unpaired) electrons. The third-order valence-electron chi connectivity index (χ3n) is 6.75. The van der Waals surface area contributed by atoms with Crippen LogP contribution in [0.25, 0.3) is 0 Å². The van der Waals surface area contributed by atoms with Crippen LogP contribution >= 0.6 is 0 Å². The number of pyridine rings is 1. The van der Waals surface area contributed by atoms with Crippen molar-refractivity contribution < 1.29 is 17.9 Å². The lowest BCUT2D eigenvalue weighted by Crippen LogP contribution is -2.52. The fourth-order valence-corrected chi connectivity index (χ4v) is 4.45. The zero-order chi connectivity index (χ0) is 21.5. The topological polar surface area (TPSA) is 63.2 Å². The van der Waals surface area contributed by atoms with Crippen molar-refractivity contribution in [1.29, 1.82) is 0 Å². The Balaban J connectivity index is 1.45. The summed E-state index contributed by atoms with van der Waals surface area (Å²) in [5.74, 6) is -2.27. The van der Waals surface area contributed by atoms with Gasteiger partial charge in [-0.15, -0.1) is 0 Å². The predicted molar refractivity (Wildman–Crippen MR) is 109 cm³/mol.